The maximum atomic E-state index is 13.2. The first-order chi connectivity index (χ1) is 15.0. The first kappa shape index (κ1) is 22.1. The topological polar surface area (TPSA) is 56.8 Å². The summed E-state index contributed by atoms with van der Waals surface area (Å²) >= 11 is 0. The molecule has 1 atom stereocenters. The second-order valence-corrected chi connectivity index (χ2v) is 9.98. The number of carbonyl (C=O) groups excluding carboxylic acids is 2. The van der Waals surface area contributed by atoms with Gasteiger partial charge in [0.1, 0.15) is 5.82 Å². The van der Waals surface area contributed by atoms with E-state index in [1.165, 1.54) is 19.3 Å². The third-order valence-corrected chi connectivity index (χ3v) is 7.65. The lowest BCUT2D eigenvalue weighted by molar-refractivity contribution is -0.145. The van der Waals surface area contributed by atoms with Crippen molar-refractivity contribution in [2.75, 3.05) is 44.2 Å². The molecule has 2 aliphatic heterocycles. The minimum Gasteiger partial charge on any atom is -0.353 e. The Morgan fingerprint density at radius 2 is 1.77 bits per heavy atom. The van der Waals surface area contributed by atoms with Crippen LogP contribution in [0.3, 0.4) is 0 Å². The Balaban J connectivity index is 1.22. The summed E-state index contributed by atoms with van der Waals surface area (Å²) < 4.78 is 0. The van der Waals surface area contributed by atoms with Gasteiger partial charge in [-0.3, -0.25) is 9.59 Å². The van der Waals surface area contributed by atoms with Gasteiger partial charge >= 0.3 is 0 Å². The van der Waals surface area contributed by atoms with Crippen molar-refractivity contribution in [1.29, 1.82) is 0 Å². The monoisotopic (exact) mass is 426 g/mol. The van der Waals surface area contributed by atoms with E-state index in [4.69, 9.17) is 0 Å². The van der Waals surface area contributed by atoms with Gasteiger partial charge in [-0.25, -0.2) is 4.98 Å². The fraction of sp³-hybridized carbons (Fsp3) is 0.720. The number of anilines is 1. The van der Waals surface area contributed by atoms with E-state index in [1.54, 1.807) is 0 Å². The van der Waals surface area contributed by atoms with Crippen LogP contribution >= 0.6 is 0 Å². The van der Waals surface area contributed by atoms with Crippen molar-refractivity contribution in [3.8, 4) is 0 Å². The summed E-state index contributed by atoms with van der Waals surface area (Å²) in [5.41, 5.74) is -0.150. The van der Waals surface area contributed by atoms with Gasteiger partial charge in [-0.05, 0) is 50.2 Å². The Kier molecular flexibility index (Phi) is 7.13. The number of carbonyl (C=O) groups is 2. The van der Waals surface area contributed by atoms with Crippen LogP contribution in [-0.4, -0.2) is 65.9 Å². The van der Waals surface area contributed by atoms with Crippen molar-refractivity contribution in [3.63, 3.8) is 0 Å². The molecule has 0 aromatic carbocycles. The van der Waals surface area contributed by atoms with E-state index in [9.17, 15) is 9.59 Å². The second kappa shape index (κ2) is 10.0. The maximum absolute atomic E-state index is 13.2. The number of likely N-dealkylation sites (tertiary alicyclic amines) is 1. The maximum Gasteiger partial charge on any atom is 0.228 e. The molecule has 31 heavy (non-hydrogen) atoms. The van der Waals surface area contributed by atoms with E-state index in [0.717, 1.165) is 77.2 Å². The van der Waals surface area contributed by atoms with Gasteiger partial charge in [0.05, 0.1) is 0 Å². The van der Waals surface area contributed by atoms with Gasteiger partial charge < -0.3 is 14.7 Å². The van der Waals surface area contributed by atoms with Crippen LogP contribution in [0, 0.1) is 11.3 Å². The summed E-state index contributed by atoms with van der Waals surface area (Å²) in [5.74, 6) is 2.09. The number of aromatic nitrogens is 1. The van der Waals surface area contributed by atoms with E-state index in [2.05, 4.69) is 21.7 Å². The molecule has 3 heterocycles. The van der Waals surface area contributed by atoms with Crippen LogP contribution in [0.2, 0.25) is 0 Å². The van der Waals surface area contributed by atoms with Gasteiger partial charge in [-0.1, -0.05) is 32.3 Å². The Morgan fingerprint density at radius 1 is 1.00 bits per heavy atom. The molecule has 1 unspecified atom stereocenters. The van der Waals surface area contributed by atoms with Crippen molar-refractivity contribution < 1.29 is 9.59 Å². The molecule has 1 saturated carbocycles. The summed E-state index contributed by atoms with van der Waals surface area (Å²) in [4.78, 5) is 36.8. The van der Waals surface area contributed by atoms with E-state index in [1.807, 2.05) is 29.3 Å². The van der Waals surface area contributed by atoms with E-state index in [0.29, 0.717) is 18.2 Å². The van der Waals surface area contributed by atoms with Gasteiger partial charge in [-0.2, -0.15) is 0 Å². The Labute approximate surface area is 187 Å². The van der Waals surface area contributed by atoms with Gasteiger partial charge in [-0.15, -0.1) is 0 Å². The minimum atomic E-state index is -0.150. The van der Waals surface area contributed by atoms with Crippen LogP contribution in [-0.2, 0) is 9.59 Å². The molecule has 0 spiro atoms. The van der Waals surface area contributed by atoms with E-state index < -0.39 is 0 Å². The number of nitrogens with zero attached hydrogens (tertiary/aromatic N) is 4. The summed E-state index contributed by atoms with van der Waals surface area (Å²) in [6.45, 7) is 7.13. The van der Waals surface area contributed by atoms with Crippen LogP contribution in [0.15, 0.2) is 24.4 Å². The molecule has 1 aromatic rings. The second-order valence-electron chi connectivity index (χ2n) is 9.98. The lowest BCUT2D eigenvalue weighted by Crippen LogP contribution is -2.49. The summed E-state index contributed by atoms with van der Waals surface area (Å²) in [6, 6.07) is 5.97. The number of pyridine rings is 1. The number of piperidine rings is 1. The molecule has 3 aliphatic rings. The molecule has 6 nitrogen and oxygen atoms in total. The highest BCUT2D eigenvalue weighted by Crippen LogP contribution is 2.38. The Morgan fingerprint density at radius 3 is 2.48 bits per heavy atom. The summed E-state index contributed by atoms with van der Waals surface area (Å²) in [5, 5.41) is 0. The third kappa shape index (κ3) is 5.39. The van der Waals surface area contributed by atoms with Crippen molar-refractivity contribution in [2.45, 2.75) is 64.7 Å². The fourth-order valence-corrected chi connectivity index (χ4v) is 5.62. The third-order valence-electron chi connectivity index (χ3n) is 7.65. The number of piperazine rings is 1. The lowest BCUT2D eigenvalue weighted by Gasteiger charge is -2.41. The van der Waals surface area contributed by atoms with E-state index in [-0.39, 0.29) is 11.3 Å². The smallest absolute Gasteiger partial charge is 0.228 e. The quantitative estimate of drug-likeness (QED) is 0.720. The molecule has 1 aromatic heterocycles. The van der Waals surface area contributed by atoms with Crippen molar-refractivity contribution >= 4 is 17.6 Å². The molecule has 0 N–H and O–H groups in total. The van der Waals surface area contributed by atoms with Gasteiger partial charge in [0.15, 0.2) is 0 Å². The zero-order valence-corrected chi connectivity index (χ0v) is 19.1. The largest absolute Gasteiger partial charge is 0.353 e. The van der Waals surface area contributed by atoms with Crippen LogP contribution in [0.4, 0.5) is 5.82 Å². The molecule has 3 fully saturated rings. The normalized spacial score (nSPS) is 24.2. The molecule has 6 heteroatoms. The highest BCUT2D eigenvalue weighted by Gasteiger charge is 2.39. The van der Waals surface area contributed by atoms with Crippen molar-refractivity contribution in [3.05, 3.63) is 24.4 Å². The number of hydrogen-bond acceptors (Lipinski definition) is 4. The van der Waals surface area contributed by atoms with E-state index >= 15 is 0 Å². The zero-order chi connectivity index (χ0) is 21.7. The average molecular weight is 427 g/mol. The highest BCUT2D eigenvalue weighted by atomic mass is 16.2. The van der Waals surface area contributed by atoms with Gasteiger partial charge in [0, 0.05) is 57.3 Å². The predicted molar refractivity (Wildman–Crippen MR) is 123 cm³/mol. The lowest BCUT2D eigenvalue weighted by atomic mass is 9.74. The summed E-state index contributed by atoms with van der Waals surface area (Å²) in [7, 11) is 0. The molecule has 4 rings (SSSR count). The van der Waals surface area contributed by atoms with Crippen LogP contribution in [0.25, 0.3) is 0 Å². The molecule has 170 valence electrons. The molecule has 0 radical (unpaired) electrons. The SMILES string of the molecule is CC1(C(=O)N2CCCC(CCC(=O)N3CCN(c4ccccn4)CC3)C2)CCCCC1. The first-order valence-corrected chi connectivity index (χ1v) is 12.3. The molecule has 1 aliphatic carbocycles. The average Bonchev–Trinajstić information content (AvgIpc) is 2.83. The molecule has 2 saturated heterocycles. The highest BCUT2D eigenvalue weighted by molar-refractivity contribution is 5.82. The number of amides is 2. The number of rotatable bonds is 5. The fourth-order valence-electron chi connectivity index (χ4n) is 5.62. The molecular formula is C25H38N4O2. The molecule has 0 bridgehead atoms. The minimum absolute atomic E-state index is 0.150. The zero-order valence-electron chi connectivity index (χ0n) is 19.1. The van der Waals surface area contributed by atoms with Gasteiger partial charge in [0.25, 0.3) is 0 Å². The molecular weight excluding hydrogens is 388 g/mol. The van der Waals surface area contributed by atoms with Crippen LogP contribution in [0.5, 0.6) is 0 Å². The van der Waals surface area contributed by atoms with Crippen molar-refractivity contribution in [1.82, 2.24) is 14.8 Å². The van der Waals surface area contributed by atoms with Crippen molar-refractivity contribution in [2.24, 2.45) is 11.3 Å². The standard InChI is InChI=1S/C25H38N4O2/c1-25(12-4-2-5-13-25)24(31)29-15-7-8-21(20-29)10-11-23(30)28-18-16-27(17-19-28)22-9-3-6-14-26-22/h3,6,9,14,21H,2,4-5,7-8,10-13,15-20H2,1H3. The Bertz CT molecular complexity index is 739. The molecule has 2 amide bonds. The van der Waals surface area contributed by atoms with Crippen LogP contribution < -0.4 is 4.90 Å². The van der Waals surface area contributed by atoms with Crippen LogP contribution in [0.1, 0.15) is 64.7 Å². The predicted octanol–water partition coefficient (Wildman–Crippen LogP) is 3.72. The summed E-state index contributed by atoms with van der Waals surface area (Å²) in [6.07, 6.45) is 11.2. The number of hydrogen-bond donors (Lipinski definition) is 0. The first-order valence-electron chi connectivity index (χ1n) is 12.3. The van der Waals surface area contributed by atoms with Gasteiger partial charge in [0.2, 0.25) is 11.8 Å². The Hall–Kier alpha value is -2.11.